The van der Waals surface area contributed by atoms with Crippen molar-refractivity contribution >= 4 is 39.8 Å². The lowest BCUT2D eigenvalue weighted by molar-refractivity contribution is -0.129. The van der Waals surface area contributed by atoms with Crippen molar-refractivity contribution in [3.05, 3.63) is 29.8 Å². The number of thioether (sulfide) groups is 1. The third-order valence-electron chi connectivity index (χ3n) is 4.09. The van der Waals surface area contributed by atoms with E-state index in [9.17, 15) is 4.79 Å². The van der Waals surface area contributed by atoms with Gasteiger partial charge in [0, 0.05) is 18.8 Å². The van der Waals surface area contributed by atoms with Crippen LogP contribution in [0.15, 0.2) is 28.6 Å². The van der Waals surface area contributed by atoms with E-state index in [0.29, 0.717) is 0 Å². The van der Waals surface area contributed by atoms with Gasteiger partial charge in [-0.3, -0.25) is 4.79 Å². The van der Waals surface area contributed by atoms with E-state index in [0.717, 1.165) is 47.5 Å². The van der Waals surface area contributed by atoms with E-state index < -0.39 is 0 Å². The molecule has 1 aromatic carbocycles. The SMILES string of the molecule is CCc1ccccc1Nc1nnc(S[C@@H](C)C(=O)N2CCCC2)s1. The summed E-state index contributed by atoms with van der Waals surface area (Å²) in [5, 5.41) is 12.4. The molecule has 24 heavy (non-hydrogen) atoms. The van der Waals surface area contributed by atoms with Crippen LogP contribution in [-0.4, -0.2) is 39.3 Å². The molecule has 0 bridgehead atoms. The van der Waals surface area contributed by atoms with Gasteiger partial charge >= 0.3 is 0 Å². The molecule has 1 atom stereocenters. The van der Waals surface area contributed by atoms with Crippen molar-refractivity contribution in [1.82, 2.24) is 15.1 Å². The molecule has 0 radical (unpaired) electrons. The first-order valence-electron chi connectivity index (χ1n) is 8.31. The third-order valence-corrected chi connectivity index (χ3v) is 6.10. The number of likely N-dealkylation sites (tertiary alicyclic amines) is 1. The fourth-order valence-electron chi connectivity index (χ4n) is 2.77. The number of anilines is 2. The van der Waals surface area contributed by atoms with E-state index in [-0.39, 0.29) is 11.2 Å². The molecule has 2 aromatic rings. The zero-order chi connectivity index (χ0) is 16.9. The number of hydrogen-bond acceptors (Lipinski definition) is 6. The number of aryl methyl sites for hydroxylation is 1. The largest absolute Gasteiger partial charge is 0.342 e. The quantitative estimate of drug-likeness (QED) is 0.789. The lowest BCUT2D eigenvalue weighted by Crippen LogP contribution is -2.33. The lowest BCUT2D eigenvalue weighted by atomic mass is 10.1. The molecule has 1 amide bonds. The fraction of sp³-hybridized carbons (Fsp3) is 0.471. The zero-order valence-electron chi connectivity index (χ0n) is 14.0. The van der Waals surface area contributed by atoms with Crippen LogP contribution in [0.3, 0.4) is 0 Å². The second kappa shape index (κ2) is 7.98. The van der Waals surface area contributed by atoms with Gasteiger partial charge in [-0.15, -0.1) is 10.2 Å². The van der Waals surface area contributed by atoms with Crippen LogP contribution in [0.5, 0.6) is 0 Å². The maximum Gasteiger partial charge on any atom is 0.235 e. The zero-order valence-corrected chi connectivity index (χ0v) is 15.6. The Labute approximate surface area is 150 Å². The number of hydrogen-bond donors (Lipinski definition) is 1. The topological polar surface area (TPSA) is 58.1 Å². The minimum absolute atomic E-state index is 0.119. The van der Waals surface area contributed by atoms with E-state index in [1.807, 2.05) is 30.0 Å². The number of amides is 1. The summed E-state index contributed by atoms with van der Waals surface area (Å²) in [5.74, 6) is 0.207. The van der Waals surface area contributed by atoms with Crippen LogP contribution in [0.4, 0.5) is 10.8 Å². The number of carbonyl (C=O) groups is 1. The molecular formula is C17H22N4OS2. The summed E-state index contributed by atoms with van der Waals surface area (Å²) in [4.78, 5) is 14.3. The molecule has 1 saturated heterocycles. The summed E-state index contributed by atoms with van der Waals surface area (Å²) in [6.07, 6.45) is 3.20. The van der Waals surface area contributed by atoms with Crippen LogP contribution < -0.4 is 5.32 Å². The first-order valence-corrected chi connectivity index (χ1v) is 10.0. The van der Waals surface area contributed by atoms with E-state index in [1.54, 1.807) is 0 Å². The lowest BCUT2D eigenvalue weighted by Gasteiger charge is -2.18. The highest BCUT2D eigenvalue weighted by atomic mass is 32.2. The van der Waals surface area contributed by atoms with Crippen LogP contribution in [0.1, 0.15) is 32.3 Å². The normalized spacial score (nSPS) is 15.5. The predicted molar refractivity (Wildman–Crippen MR) is 100 cm³/mol. The van der Waals surface area contributed by atoms with E-state index in [4.69, 9.17) is 0 Å². The van der Waals surface area contributed by atoms with Gasteiger partial charge in [0.25, 0.3) is 0 Å². The minimum Gasteiger partial charge on any atom is -0.342 e. The van der Waals surface area contributed by atoms with Crippen molar-refractivity contribution < 1.29 is 4.79 Å². The molecule has 3 rings (SSSR count). The van der Waals surface area contributed by atoms with Gasteiger partial charge in [0.2, 0.25) is 11.0 Å². The first kappa shape index (κ1) is 17.2. The number of nitrogens with one attached hydrogen (secondary N) is 1. The Balaban J connectivity index is 1.62. The van der Waals surface area contributed by atoms with Crippen LogP contribution >= 0.6 is 23.1 Å². The number of carbonyl (C=O) groups excluding carboxylic acids is 1. The van der Waals surface area contributed by atoms with Gasteiger partial charge in [-0.25, -0.2) is 0 Å². The Morgan fingerprint density at radius 1 is 1.33 bits per heavy atom. The maximum absolute atomic E-state index is 12.4. The summed E-state index contributed by atoms with van der Waals surface area (Å²) in [6.45, 7) is 5.86. The number of nitrogens with zero attached hydrogens (tertiary/aromatic N) is 3. The van der Waals surface area contributed by atoms with Gasteiger partial charge in [0.15, 0.2) is 4.34 Å². The Hall–Kier alpha value is -1.60. The van der Waals surface area contributed by atoms with Crippen molar-refractivity contribution in [2.45, 2.75) is 42.7 Å². The number of rotatable bonds is 6. The molecule has 1 aliphatic heterocycles. The molecule has 1 N–H and O–H groups in total. The fourth-order valence-corrected chi connectivity index (χ4v) is 4.76. The molecule has 2 heterocycles. The van der Waals surface area contributed by atoms with Crippen molar-refractivity contribution in [1.29, 1.82) is 0 Å². The molecule has 0 saturated carbocycles. The summed E-state index contributed by atoms with van der Waals surface area (Å²) in [6, 6.07) is 8.20. The highest BCUT2D eigenvalue weighted by molar-refractivity contribution is 8.02. The van der Waals surface area contributed by atoms with Crippen LogP contribution in [0.2, 0.25) is 0 Å². The average Bonchev–Trinajstić information content (AvgIpc) is 3.27. The highest BCUT2D eigenvalue weighted by Crippen LogP contribution is 2.32. The van der Waals surface area contributed by atoms with E-state index in [1.165, 1.54) is 28.7 Å². The summed E-state index contributed by atoms with van der Waals surface area (Å²) in [5.41, 5.74) is 2.31. The highest BCUT2D eigenvalue weighted by Gasteiger charge is 2.25. The molecule has 1 fully saturated rings. The molecule has 128 valence electrons. The first-order chi connectivity index (χ1) is 11.7. The molecule has 5 nitrogen and oxygen atoms in total. The Morgan fingerprint density at radius 2 is 2.08 bits per heavy atom. The van der Waals surface area contributed by atoms with E-state index >= 15 is 0 Å². The molecule has 0 spiro atoms. The van der Waals surface area contributed by atoms with Crippen molar-refractivity contribution in [3.63, 3.8) is 0 Å². The standard InChI is InChI=1S/C17H22N4OS2/c1-3-13-8-4-5-9-14(13)18-16-19-20-17(24-16)23-12(2)15(22)21-10-6-7-11-21/h4-5,8-9,12H,3,6-7,10-11H2,1-2H3,(H,18,19)/t12-/m0/s1. The Morgan fingerprint density at radius 3 is 2.83 bits per heavy atom. The number of aromatic nitrogens is 2. The summed E-state index contributed by atoms with van der Waals surface area (Å²) >= 11 is 2.99. The van der Waals surface area contributed by atoms with Crippen molar-refractivity contribution in [2.24, 2.45) is 0 Å². The molecule has 7 heteroatoms. The van der Waals surface area contributed by atoms with Gasteiger partial charge in [-0.05, 0) is 37.8 Å². The Bertz CT molecular complexity index is 697. The second-order valence-electron chi connectivity index (χ2n) is 5.80. The summed E-state index contributed by atoms with van der Waals surface area (Å²) in [7, 11) is 0. The maximum atomic E-state index is 12.4. The predicted octanol–water partition coefficient (Wildman–Crippen LogP) is 3.95. The van der Waals surface area contributed by atoms with Gasteiger partial charge in [-0.2, -0.15) is 0 Å². The Kier molecular flexibility index (Phi) is 5.73. The van der Waals surface area contributed by atoms with Crippen LogP contribution in [-0.2, 0) is 11.2 Å². The van der Waals surface area contributed by atoms with Crippen molar-refractivity contribution in [2.75, 3.05) is 18.4 Å². The monoisotopic (exact) mass is 362 g/mol. The average molecular weight is 363 g/mol. The number of para-hydroxylation sites is 1. The number of benzene rings is 1. The van der Waals surface area contributed by atoms with Crippen LogP contribution in [0, 0.1) is 0 Å². The van der Waals surface area contributed by atoms with Gasteiger partial charge in [0.05, 0.1) is 5.25 Å². The smallest absolute Gasteiger partial charge is 0.235 e. The minimum atomic E-state index is -0.119. The molecule has 1 aromatic heterocycles. The van der Waals surface area contributed by atoms with Gasteiger partial charge < -0.3 is 10.2 Å². The molecule has 0 unspecified atom stereocenters. The van der Waals surface area contributed by atoms with Crippen molar-refractivity contribution in [3.8, 4) is 0 Å². The molecule has 0 aliphatic carbocycles. The van der Waals surface area contributed by atoms with Crippen LogP contribution in [0.25, 0.3) is 0 Å². The molecular weight excluding hydrogens is 340 g/mol. The van der Waals surface area contributed by atoms with Gasteiger partial charge in [-0.1, -0.05) is 48.2 Å². The summed E-state index contributed by atoms with van der Waals surface area (Å²) < 4.78 is 0.825. The second-order valence-corrected chi connectivity index (χ2v) is 8.37. The van der Waals surface area contributed by atoms with E-state index in [2.05, 4.69) is 28.5 Å². The molecule has 1 aliphatic rings. The third kappa shape index (κ3) is 4.08. The van der Waals surface area contributed by atoms with Gasteiger partial charge in [0.1, 0.15) is 0 Å².